The zero-order valence-electron chi connectivity index (χ0n) is 13.4. The van der Waals surface area contributed by atoms with Crippen LogP contribution in [0.1, 0.15) is 19.8 Å². The van der Waals surface area contributed by atoms with Gasteiger partial charge in [0.2, 0.25) is 10.0 Å². The van der Waals surface area contributed by atoms with Crippen LogP contribution in [-0.2, 0) is 10.0 Å². The number of sulfonamides is 1. The number of piperidine rings is 1. The van der Waals surface area contributed by atoms with Gasteiger partial charge >= 0.3 is 6.03 Å². The summed E-state index contributed by atoms with van der Waals surface area (Å²) in [7, 11) is -3.19. The molecule has 3 rings (SSSR count). The number of rotatable bonds is 4. The minimum atomic E-state index is -3.19. The number of fused-ring (bicyclic) bond motifs is 1. The third kappa shape index (κ3) is 4.03. The van der Waals surface area contributed by atoms with Gasteiger partial charge in [0.05, 0.1) is 10.5 Å². The number of anilines is 1. The summed E-state index contributed by atoms with van der Waals surface area (Å²) in [5.74, 6) is 0.0770. The SMILES string of the molecule is CCS(=O)(=O)NC1CCN(C(=O)Nc2ccc3sncc3c2)CC1. The van der Waals surface area contributed by atoms with Crippen molar-refractivity contribution < 1.29 is 13.2 Å². The third-order valence-corrected chi connectivity index (χ3v) is 6.34. The van der Waals surface area contributed by atoms with E-state index in [2.05, 4.69) is 14.4 Å². The Balaban J connectivity index is 1.55. The van der Waals surface area contributed by atoms with Gasteiger partial charge in [-0.25, -0.2) is 17.9 Å². The first-order chi connectivity index (χ1) is 11.5. The number of benzene rings is 1. The van der Waals surface area contributed by atoms with Crippen molar-refractivity contribution in [3.05, 3.63) is 24.4 Å². The van der Waals surface area contributed by atoms with Crippen molar-refractivity contribution in [3.8, 4) is 0 Å². The second-order valence-electron chi connectivity index (χ2n) is 5.79. The highest BCUT2D eigenvalue weighted by molar-refractivity contribution is 7.89. The van der Waals surface area contributed by atoms with Crippen LogP contribution in [-0.4, -0.2) is 48.6 Å². The van der Waals surface area contributed by atoms with E-state index in [1.165, 1.54) is 11.5 Å². The van der Waals surface area contributed by atoms with Crippen LogP contribution in [0, 0.1) is 0 Å². The van der Waals surface area contributed by atoms with Crippen LogP contribution in [0.25, 0.3) is 10.1 Å². The van der Waals surface area contributed by atoms with Gasteiger partial charge in [0.15, 0.2) is 0 Å². The molecule has 1 aliphatic rings. The lowest BCUT2D eigenvalue weighted by molar-refractivity contribution is 0.193. The lowest BCUT2D eigenvalue weighted by Crippen LogP contribution is -2.47. The average Bonchev–Trinajstić information content (AvgIpc) is 3.03. The van der Waals surface area contributed by atoms with E-state index in [0.29, 0.717) is 25.9 Å². The monoisotopic (exact) mass is 368 g/mol. The molecule has 9 heteroatoms. The van der Waals surface area contributed by atoms with Gasteiger partial charge in [0.1, 0.15) is 0 Å². The second kappa shape index (κ2) is 7.04. The minimum Gasteiger partial charge on any atom is -0.324 e. The number of aromatic nitrogens is 1. The van der Waals surface area contributed by atoms with E-state index >= 15 is 0 Å². The molecule has 1 fully saturated rings. The van der Waals surface area contributed by atoms with Crippen molar-refractivity contribution in [1.82, 2.24) is 14.0 Å². The van der Waals surface area contributed by atoms with E-state index in [1.54, 1.807) is 18.0 Å². The summed E-state index contributed by atoms with van der Waals surface area (Å²) < 4.78 is 31.1. The first-order valence-electron chi connectivity index (χ1n) is 7.87. The maximum absolute atomic E-state index is 12.4. The first kappa shape index (κ1) is 17.1. The Morgan fingerprint density at radius 3 is 2.83 bits per heavy atom. The van der Waals surface area contributed by atoms with Crippen molar-refractivity contribution in [2.75, 3.05) is 24.2 Å². The highest BCUT2D eigenvalue weighted by Gasteiger charge is 2.25. The Hall–Kier alpha value is -1.71. The van der Waals surface area contributed by atoms with E-state index in [4.69, 9.17) is 0 Å². The van der Waals surface area contributed by atoms with Gasteiger partial charge in [-0.15, -0.1) is 0 Å². The average molecular weight is 368 g/mol. The minimum absolute atomic E-state index is 0.0770. The van der Waals surface area contributed by atoms with Crippen molar-refractivity contribution in [2.24, 2.45) is 0 Å². The van der Waals surface area contributed by atoms with Crippen molar-refractivity contribution in [3.63, 3.8) is 0 Å². The number of amides is 2. The number of urea groups is 1. The number of nitrogens with one attached hydrogen (secondary N) is 2. The molecule has 1 aromatic carbocycles. The van der Waals surface area contributed by atoms with Gasteiger partial charge in [-0.05, 0) is 49.5 Å². The summed E-state index contributed by atoms with van der Waals surface area (Å²) in [6, 6.07) is 5.45. The molecule has 1 saturated heterocycles. The molecule has 1 aromatic heterocycles. The van der Waals surface area contributed by atoms with E-state index < -0.39 is 10.0 Å². The third-order valence-electron chi connectivity index (χ3n) is 4.11. The van der Waals surface area contributed by atoms with Gasteiger partial charge in [0.25, 0.3) is 0 Å². The molecule has 2 amide bonds. The molecule has 2 heterocycles. The fraction of sp³-hybridized carbons (Fsp3) is 0.467. The van der Waals surface area contributed by atoms with Crippen LogP contribution in [0.15, 0.2) is 24.4 Å². The lowest BCUT2D eigenvalue weighted by atomic mass is 10.1. The summed E-state index contributed by atoms with van der Waals surface area (Å²) in [6.45, 7) is 2.68. The number of hydrogen-bond donors (Lipinski definition) is 2. The number of carbonyl (C=O) groups excluding carboxylic acids is 1. The Kier molecular flexibility index (Phi) is 5.02. The van der Waals surface area contributed by atoms with Gasteiger partial charge in [-0.1, -0.05) is 0 Å². The summed E-state index contributed by atoms with van der Waals surface area (Å²) in [5.41, 5.74) is 0.738. The molecule has 24 heavy (non-hydrogen) atoms. The van der Waals surface area contributed by atoms with E-state index in [-0.39, 0.29) is 17.8 Å². The van der Waals surface area contributed by atoms with Gasteiger partial charge in [-0.3, -0.25) is 0 Å². The highest BCUT2D eigenvalue weighted by atomic mass is 32.2. The first-order valence-corrected chi connectivity index (χ1v) is 10.3. The Labute approximate surface area is 145 Å². The van der Waals surface area contributed by atoms with Crippen LogP contribution < -0.4 is 10.0 Å². The van der Waals surface area contributed by atoms with Crippen molar-refractivity contribution >= 4 is 43.4 Å². The molecule has 1 aliphatic heterocycles. The Morgan fingerprint density at radius 1 is 1.38 bits per heavy atom. The fourth-order valence-electron chi connectivity index (χ4n) is 2.69. The maximum Gasteiger partial charge on any atom is 0.321 e. The molecule has 2 aromatic rings. The van der Waals surface area contributed by atoms with Crippen molar-refractivity contribution in [1.29, 1.82) is 0 Å². The predicted octanol–water partition coefficient (Wildman–Crippen LogP) is 2.23. The molecule has 7 nitrogen and oxygen atoms in total. The van der Waals surface area contributed by atoms with Gasteiger partial charge < -0.3 is 10.2 Å². The summed E-state index contributed by atoms with van der Waals surface area (Å²) in [5, 5.41) is 3.90. The second-order valence-corrected chi connectivity index (χ2v) is 8.67. The quantitative estimate of drug-likeness (QED) is 0.866. The summed E-state index contributed by atoms with van der Waals surface area (Å²) >= 11 is 1.42. The zero-order chi connectivity index (χ0) is 17.2. The summed E-state index contributed by atoms with van der Waals surface area (Å²) in [4.78, 5) is 14.1. The Morgan fingerprint density at radius 2 is 2.12 bits per heavy atom. The number of nitrogens with zero attached hydrogens (tertiary/aromatic N) is 2. The topological polar surface area (TPSA) is 91.4 Å². The Bertz CT molecular complexity index is 826. The predicted molar refractivity (Wildman–Crippen MR) is 95.8 cm³/mol. The molecule has 0 saturated carbocycles. The van der Waals surface area contributed by atoms with Crippen LogP contribution in [0.2, 0.25) is 0 Å². The molecule has 0 atom stereocenters. The van der Waals surface area contributed by atoms with E-state index in [9.17, 15) is 13.2 Å². The van der Waals surface area contributed by atoms with E-state index in [0.717, 1.165) is 15.8 Å². The standard InChI is InChI=1S/C15H20N4O3S2/c1-2-24(21,22)18-12-5-7-19(8-6-12)15(20)17-13-3-4-14-11(9-13)10-16-23-14/h3-4,9-10,12,18H,2,5-8H2,1H3,(H,17,20). The molecule has 130 valence electrons. The van der Waals surface area contributed by atoms with E-state index in [1.807, 2.05) is 18.2 Å². The molecule has 2 N–H and O–H groups in total. The fourth-order valence-corrected chi connectivity index (χ4v) is 4.23. The molecule has 0 bridgehead atoms. The zero-order valence-corrected chi connectivity index (χ0v) is 15.0. The normalized spacial score (nSPS) is 16.5. The van der Waals surface area contributed by atoms with Crippen LogP contribution >= 0.6 is 11.5 Å². The highest BCUT2D eigenvalue weighted by Crippen LogP contribution is 2.22. The lowest BCUT2D eigenvalue weighted by Gasteiger charge is -2.32. The molecule has 0 aliphatic carbocycles. The number of likely N-dealkylation sites (tertiary alicyclic amines) is 1. The molecule has 0 radical (unpaired) electrons. The van der Waals surface area contributed by atoms with Crippen molar-refractivity contribution in [2.45, 2.75) is 25.8 Å². The van der Waals surface area contributed by atoms with Gasteiger partial charge in [0, 0.05) is 36.4 Å². The van der Waals surface area contributed by atoms with Crippen LogP contribution in [0.3, 0.4) is 0 Å². The number of carbonyl (C=O) groups is 1. The summed E-state index contributed by atoms with van der Waals surface area (Å²) in [6.07, 6.45) is 3.03. The molecule has 0 unspecified atom stereocenters. The maximum atomic E-state index is 12.4. The smallest absolute Gasteiger partial charge is 0.321 e. The van der Waals surface area contributed by atoms with Crippen LogP contribution in [0.5, 0.6) is 0 Å². The largest absolute Gasteiger partial charge is 0.324 e. The molecular formula is C15H20N4O3S2. The molecular weight excluding hydrogens is 348 g/mol. The number of hydrogen-bond acceptors (Lipinski definition) is 5. The molecule has 0 spiro atoms. The van der Waals surface area contributed by atoms with Gasteiger partial charge in [-0.2, -0.15) is 4.37 Å². The van der Waals surface area contributed by atoms with Crippen LogP contribution in [0.4, 0.5) is 10.5 Å².